The Bertz CT molecular complexity index is 1560. The van der Waals surface area contributed by atoms with Crippen molar-refractivity contribution in [2.75, 3.05) is 19.8 Å². The second-order valence-electron chi connectivity index (χ2n) is 12.8. The van der Waals surface area contributed by atoms with E-state index in [1.807, 2.05) is 43.2 Å². The van der Waals surface area contributed by atoms with Crippen LogP contribution in [0.4, 0.5) is 0 Å². The predicted octanol–water partition coefficient (Wildman–Crippen LogP) is 6.70. The zero-order valence-corrected chi connectivity index (χ0v) is 26.0. The van der Waals surface area contributed by atoms with E-state index in [9.17, 15) is 4.79 Å². The highest BCUT2D eigenvalue weighted by Crippen LogP contribution is 2.41. The molecule has 1 saturated carbocycles. The Balaban J connectivity index is 0.000000190. The molecular weight excluding hydrogens is 552 g/mol. The Morgan fingerprint density at radius 2 is 1.50 bits per heavy atom. The van der Waals surface area contributed by atoms with Crippen molar-refractivity contribution in [1.82, 2.24) is 19.1 Å². The topological polar surface area (TPSA) is 91.4 Å². The molecule has 5 atom stereocenters. The fraction of sp³-hybridized carbons (Fsp3) is 0.472. The number of fused-ring (bicyclic) bond motifs is 6. The van der Waals surface area contributed by atoms with Gasteiger partial charge in [0, 0.05) is 24.2 Å². The maximum atomic E-state index is 12.3. The number of carbonyl (C=O) groups is 1. The first-order valence-corrected chi connectivity index (χ1v) is 16.1. The minimum absolute atomic E-state index is 0.0538. The van der Waals surface area contributed by atoms with Gasteiger partial charge in [-0.1, -0.05) is 75.7 Å². The molecule has 2 aromatic carbocycles. The molecule has 0 saturated heterocycles. The Labute approximate surface area is 260 Å². The van der Waals surface area contributed by atoms with Gasteiger partial charge in [-0.25, -0.2) is 14.8 Å². The lowest BCUT2D eigenvalue weighted by atomic mass is 9.75. The van der Waals surface area contributed by atoms with Gasteiger partial charge in [-0.2, -0.15) is 0 Å². The van der Waals surface area contributed by atoms with Crippen LogP contribution < -0.4 is 0 Å². The van der Waals surface area contributed by atoms with Gasteiger partial charge in [0.1, 0.15) is 6.61 Å². The van der Waals surface area contributed by atoms with E-state index < -0.39 is 0 Å². The summed E-state index contributed by atoms with van der Waals surface area (Å²) in [5.41, 5.74) is 7.32. The maximum absolute atomic E-state index is 12.3. The lowest BCUT2D eigenvalue weighted by Gasteiger charge is -2.36. The third-order valence-electron chi connectivity index (χ3n) is 9.63. The van der Waals surface area contributed by atoms with Crippen molar-refractivity contribution in [2.24, 2.45) is 17.8 Å². The lowest BCUT2D eigenvalue weighted by molar-refractivity contribution is -0.154. The van der Waals surface area contributed by atoms with E-state index in [-0.39, 0.29) is 37.4 Å². The monoisotopic (exact) mass is 596 g/mol. The molecule has 0 bridgehead atoms. The van der Waals surface area contributed by atoms with Crippen LogP contribution >= 0.6 is 0 Å². The van der Waals surface area contributed by atoms with Crippen molar-refractivity contribution in [1.29, 1.82) is 0 Å². The Hall–Kier alpha value is -3.75. The molecule has 1 N–H and O–H groups in total. The van der Waals surface area contributed by atoms with Gasteiger partial charge in [0.25, 0.3) is 0 Å². The highest BCUT2D eigenvalue weighted by molar-refractivity contribution is 5.71. The van der Waals surface area contributed by atoms with Gasteiger partial charge in [-0.05, 0) is 48.1 Å². The molecule has 2 aromatic heterocycles. The molecule has 44 heavy (non-hydrogen) atoms. The first kappa shape index (κ1) is 30.3. The van der Waals surface area contributed by atoms with Gasteiger partial charge in [0.15, 0.2) is 0 Å². The first-order chi connectivity index (χ1) is 21.5. The number of aromatic nitrogens is 4. The van der Waals surface area contributed by atoms with Gasteiger partial charge in [0.05, 0.1) is 61.2 Å². The molecular formula is C36H44N4O4. The molecule has 1 aliphatic carbocycles. The summed E-state index contributed by atoms with van der Waals surface area (Å²) in [4.78, 5) is 20.7. The average molecular weight is 597 g/mol. The van der Waals surface area contributed by atoms with Crippen LogP contribution in [0.1, 0.15) is 76.1 Å². The summed E-state index contributed by atoms with van der Waals surface area (Å²) in [7, 11) is 0. The quantitative estimate of drug-likeness (QED) is 0.216. The van der Waals surface area contributed by atoms with E-state index in [0.717, 1.165) is 30.7 Å². The molecule has 8 heteroatoms. The van der Waals surface area contributed by atoms with Crippen molar-refractivity contribution < 1.29 is 19.4 Å². The van der Waals surface area contributed by atoms with Crippen LogP contribution in [-0.4, -0.2) is 56.1 Å². The number of aliphatic hydroxyl groups is 1. The third-order valence-corrected chi connectivity index (χ3v) is 9.63. The average Bonchev–Trinajstić information content (AvgIpc) is 3.81. The molecule has 2 unspecified atom stereocenters. The van der Waals surface area contributed by atoms with Crippen molar-refractivity contribution in [3.05, 3.63) is 84.7 Å². The maximum Gasteiger partial charge on any atom is 0.332 e. The zero-order chi connectivity index (χ0) is 30.6. The number of benzene rings is 2. The van der Waals surface area contributed by atoms with Gasteiger partial charge >= 0.3 is 5.97 Å². The molecule has 8 nitrogen and oxygen atoms in total. The van der Waals surface area contributed by atoms with Crippen LogP contribution in [0.3, 0.4) is 0 Å². The molecule has 2 aliphatic heterocycles. The summed E-state index contributed by atoms with van der Waals surface area (Å²) < 4.78 is 15.9. The van der Waals surface area contributed by atoms with E-state index in [0.29, 0.717) is 24.4 Å². The van der Waals surface area contributed by atoms with Crippen LogP contribution in [0.2, 0.25) is 0 Å². The predicted molar refractivity (Wildman–Crippen MR) is 170 cm³/mol. The third kappa shape index (κ3) is 6.10. The minimum Gasteiger partial charge on any atom is -0.464 e. The van der Waals surface area contributed by atoms with E-state index in [2.05, 4.69) is 70.2 Å². The molecule has 1 fully saturated rings. The molecule has 7 rings (SSSR count). The molecule has 232 valence electrons. The molecule has 3 aliphatic rings. The number of hydrogen-bond acceptors (Lipinski definition) is 6. The summed E-state index contributed by atoms with van der Waals surface area (Å²) in [6, 6.07) is 17.1. The molecule has 4 aromatic rings. The summed E-state index contributed by atoms with van der Waals surface area (Å²) >= 11 is 0. The van der Waals surface area contributed by atoms with E-state index in [4.69, 9.17) is 14.6 Å². The number of carbonyl (C=O) groups excluding carboxylic acids is 1. The smallest absolute Gasteiger partial charge is 0.332 e. The normalized spacial score (nSPS) is 22.9. The molecule has 4 heterocycles. The second-order valence-corrected chi connectivity index (χ2v) is 12.8. The van der Waals surface area contributed by atoms with Gasteiger partial charge in [-0.15, -0.1) is 0 Å². The van der Waals surface area contributed by atoms with Crippen LogP contribution in [0, 0.1) is 17.8 Å². The second kappa shape index (κ2) is 13.5. The fourth-order valence-corrected chi connectivity index (χ4v) is 7.38. The fourth-order valence-electron chi connectivity index (χ4n) is 7.38. The summed E-state index contributed by atoms with van der Waals surface area (Å²) in [5, 5.41) is 9.08. The van der Waals surface area contributed by atoms with E-state index in [1.165, 1.54) is 35.1 Å². The van der Waals surface area contributed by atoms with Crippen LogP contribution in [0.5, 0.6) is 0 Å². The number of ether oxygens (including phenoxy) is 2. The molecule has 0 radical (unpaired) electrons. The lowest BCUT2D eigenvalue weighted by Crippen LogP contribution is -2.35. The number of aliphatic hydroxyl groups excluding tert-OH is 1. The number of nitrogens with zero attached hydrogens (tertiary/aromatic N) is 4. The Morgan fingerprint density at radius 3 is 2.09 bits per heavy atom. The number of imidazole rings is 2. The Morgan fingerprint density at radius 1 is 0.909 bits per heavy atom. The largest absolute Gasteiger partial charge is 0.464 e. The van der Waals surface area contributed by atoms with Crippen molar-refractivity contribution in [3.8, 4) is 22.5 Å². The number of esters is 1. The van der Waals surface area contributed by atoms with E-state index in [1.54, 1.807) is 0 Å². The standard InChI is InChI=1S/C24H32N2O3.C12H12N2O/c1-16(2)18-9-8-17(3)12-23(18)29-14-24(27)28-11-10-21-19-6-4-5-7-20(19)22-13-25-15-26(21)22;15-6-5-11-9-3-1-2-4-10(9)12-7-13-8-14(11)12/h4-7,13,15-18,21,23H,8-12,14H2,1-3H3;1-4,7-8,11,15H,5-6H2/t17-,18+,21?,23+;/m0./s1. The van der Waals surface area contributed by atoms with Gasteiger partial charge < -0.3 is 23.7 Å². The highest BCUT2D eigenvalue weighted by atomic mass is 16.6. The van der Waals surface area contributed by atoms with Crippen molar-refractivity contribution in [2.45, 2.75) is 71.1 Å². The summed E-state index contributed by atoms with van der Waals surface area (Å²) in [5.74, 6) is 1.52. The van der Waals surface area contributed by atoms with Gasteiger partial charge in [0.2, 0.25) is 0 Å². The number of rotatable bonds is 9. The minimum atomic E-state index is -0.261. The molecule has 0 amide bonds. The number of hydrogen-bond donors (Lipinski definition) is 1. The van der Waals surface area contributed by atoms with E-state index >= 15 is 0 Å². The molecule has 0 spiro atoms. The van der Waals surface area contributed by atoms with Crippen LogP contribution in [0.15, 0.2) is 73.6 Å². The Kier molecular flexibility index (Phi) is 9.28. The van der Waals surface area contributed by atoms with Gasteiger partial charge in [-0.3, -0.25) is 0 Å². The summed E-state index contributed by atoms with van der Waals surface area (Å²) in [6.07, 6.45) is 12.6. The van der Waals surface area contributed by atoms with Crippen molar-refractivity contribution >= 4 is 5.97 Å². The van der Waals surface area contributed by atoms with Crippen LogP contribution in [-0.2, 0) is 14.3 Å². The SMILES string of the molecule is CC(C)[C@H]1CC[C@H](C)C[C@H]1OCC(=O)OCCC1c2ccccc2-c2cncn21.OCCC1c2ccccc2-c2cncn21. The van der Waals surface area contributed by atoms with Crippen LogP contribution in [0.25, 0.3) is 22.5 Å². The summed E-state index contributed by atoms with van der Waals surface area (Å²) in [6.45, 7) is 7.41. The first-order valence-electron chi connectivity index (χ1n) is 16.1. The highest BCUT2D eigenvalue weighted by Gasteiger charge is 2.32. The zero-order valence-electron chi connectivity index (χ0n) is 26.0. The van der Waals surface area contributed by atoms with Crippen molar-refractivity contribution in [3.63, 3.8) is 0 Å².